The van der Waals surface area contributed by atoms with E-state index in [-0.39, 0.29) is 5.91 Å². The third-order valence-electron chi connectivity index (χ3n) is 2.89. The third-order valence-corrected chi connectivity index (χ3v) is 3.89. The molecular weight excluding hydrogens is 246 g/mol. The molecule has 0 saturated heterocycles. The largest absolute Gasteiger partial charge is 0.369 e. The van der Waals surface area contributed by atoms with Gasteiger partial charge in [0.25, 0.3) is 0 Å². The number of carbonyl (C=O) groups is 1. The quantitative estimate of drug-likeness (QED) is 0.890. The van der Waals surface area contributed by atoms with Crippen LogP contribution in [0.5, 0.6) is 0 Å². The summed E-state index contributed by atoms with van der Waals surface area (Å²) in [5, 5.41) is 4.01. The Balaban J connectivity index is 2.15. The molecule has 1 aromatic carbocycles. The van der Waals surface area contributed by atoms with Gasteiger partial charge in [0, 0.05) is 6.54 Å². The molecule has 5 heteroatoms. The molecule has 0 unspecified atom stereocenters. The number of nitrogens with two attached hydrogens (primary N) is 1. The lowest BCUT2D eigenvalue weighted by Crippen LogP contribution is -2.37. The number of hydrogen-bond acceptors (Lipinski definition) is 4. The molecule has 1 amide bonds. The average Bonchev–Trinajstić information content (AvgIpc) is 2.68. The zero-order valence-electron chi connectivity index (χ0n) is 10.8. The molecule has 0 fully saturated rings. The fourth-order valence-electron chi connectivity index (χ4n) is 1.50. The van der Waals surface area contributed by atoms with E-state index < -0.39 is 5.41 Å². The Morgan fingerprint density at radius 1 is 1.50 bits per heavy atom. The van der Waals surface area contributed by atoms with Crippen molar-refractivity contribution >= 4 is 32.6 Å². The van der Waals surface area contributed by atoms with E-state index in [0.29, 0.717) is 6.54 Å². The maximum absolute atomic E-state index is 11.2. The monoisotopic (exact) mass is 263 g/mol. The summed E-state index contributed by atoms with van der Waals surface area (Å²) in [6, 6.07) is 6.18. The Morgan fingerprint density at radius 2 is 2.22 bits per heavy atom. The van der Waals surface area contributed by atoms with Gasteiger partial charge in [-0.1, -0.05) is 17.4 Å². The van der Waals surface area contributed by atoms with Crippen molar-refractivity contribution in [2.24, 2.45) is 11.1 Å². The van der Waals surface area contributed by atoms with Crippen LogP contribution in [-0.4, -0.2) is 17.4 Å². The Bertz CT molecular complexity index is 589. The van der Waals surface area contributed by atoms with Gasteiger partial charge in [-0.3, -0.25) is 4.79 Å². The van der Waals surface area contributed by atoms with Crippen molar-refractivity contribution in [1.82, 2.24) is 4.98 Å². The van der Waals surface area contributed by atoms with Gasteiger partial charge in [0.05, 0.1) is 15.6 Å². The van der Waals surface area contributed by atoms with Crippen LogP contribution in [-0.2, 0) is 4.79 Å². The van der Waals surface area contributed by atoms with E-state index in [1.54, 1.807) is 11.3 Å². The number of thiazole rings is 1. The summed E-state index contributed by atoms with van der Waals surface area (Å²) < 4.78 is 1.14. The van der Waals surface area contributed by atoms with E-state index in [4.69, 9.17) is 5.73 Å². The lowest BCUT2D eigenvalue weighted by molar-refractivity contribution is -0.125. The fourth-order valence-corrected chi connectivity index (χ4v) is 2.34. The highest BCUT2D eigenvalue weighted by atomic mass is 32.1. The summed E-state index contributed by atoms with van der Waals surface area (Å²) in [4.78, 5) is 15.7. The molecule has 3 N–H and O–H groups in total. The van der Waals surface area contributed by atoms with Crippen molar-refractivity contribution in [3.05, 3.63) is 23.8 Å². The molecule has 0 aliphatic rings. The fraction of sp³-hybridized carbons (Fsp3) is 0.385. The third kappa shape index (κ3) is 2.61. The molecule has 0 bridgehead atoms. The normalized spacial score (nSPS) is 11.7. The number of primary amides is 1. The Kier molecular flexibility index (Phi) is 3.26. The highest BCUT2D eigenvalue weighted by Crippen LogP contribution is 2.27. The number of carbonyl (C=O) groups excluding carboxylic acids is 1. The van der Waals surface area contributed by atoms with E-state index >= 15 is 0 Å². The molecule has 18 heavy (non-hydrogen) atoms. The summed E-state index contributed by atoms with van der Waals surface area (Å²) in [5.74, 6) is -0.313. The van der Waals surface area contributed by atoms with E-state index in [9.17, 15) is 4.79 Å². The standard InChI is InChI=1S/C13H17N3OS/c1-8-4-5-10-9(6-8)16-12(18-10)15-7-13(2,3)11(14)17/h4-6H,7H2,1-3H3,(H2,14,17)(H,15,16). The molecule has 2 rings (SSSR count). The molecule has 0 aliphatic carbocycles. The van der Waals surface area contributed by atoms with Gasteiger partial charge >= 0.3 is 0 Å². The Hall–Kier alpha value is -1.62. The molecule has 1 heterocycles. The maximum atomic E-state index is 11.2. The van der Waals surface area contributed by atoms with Gasteiger partial charge in [-0.15, -0.1) is 0 Å². The first-order chi connectivity index (χ1) is 8.38. The summed E-state index contributed by atoms with van der Waals surface area (Å²) in [7, 11) is 0. The van der Waals surface area contributed by atoms with Crippen LogP contribution in [0.25, 0.3) is 10.2 Å². The van der Waals surface area contributed by atoms with Crippen molar-refractivity contribution < 1.29 is 4.79 Å². The summed E-state index contributed by atoms with van der Waals surface area (Å²) in [6.45, 7) is 6.17. The van der Waals surface area contributed by atoms with E-state index in [2.05, 4.69) is 28.5 Å². The molecule has 1 aromatic heterocycles. The topological polar surface area (TPSA) is 68.0 Å². The van der Waals surface area contributed by atoms with E-state index in [1.807, 2.05) is 20.8 Å². The molecule has 2 aromatic rings. The number of nitrogens with one attached hydrogen (secondary N) is 1. The van der Waals surface area contributed by atoms with Crippen LogP contribution < -0.4 is 11.1 Å². The zero-order valence-corrected chi connectivity index (χ0v) is 11.6. The van der Waals surface area contributed by atoms with Crippen molar-refractivity contribution in [2.75, 3.05) is 11.9 Å². The number of hydrogen-bond donors (Lipinski definition) is 2. The summed E-state index contributed by atoms with van der Waals surface area (Å²) in [5.41, 5.74) is 6.93. The molecule has 0 spiro atoms. The number of amides is 1. The second-order valence-electron chi connectivity index (χ2n) is 5.09. The van der Waals surface area contributed by atoms with Gasteiger partial charge in [-0.2, -0.15) is 0 Å². The predicted molar refractivity (Wildman–Crippen MR) is 75.8 cm³/mol. The number of fused-ring (bicyclic) bond motifs is 1. The second kappa shape index (κ2) is 4.57. The van der Waals surface area contributed by atoms with E-state index in [0.717, 1.165) is 15.3 Å². The van der Waals surface area contributed by atoms with Crippen LogP contribution in [0, 0.1) is 12.3 Å². The van der Waals surface area contributed by atoms with Crippen LogP contribution >= 0.6 is 11.3 Å². The van der Waals surface area contributed by atoms with Crippen LogP contribution in [0.2, 0.25) is 0 Å². The minimum atomic E-state index is -0.576. The Labute approximate surface area is 110 Å². The van der Waals surface area contributed by atoms with Crippen molar-refractivity contribution in [2.45, 2.75) is 20.8 Å². The molecule has 96 valence electrons. The van der Waals surface area contributed by atoms with Gasteiger partial charge in [0.15, 0.2) is 5.13 Å². The minimum absolute atomic E-state index is 0.313. The molecule has 0 atom stereocenters. The highest BCUT2D eigenvalue weighted by molar-refractivity contribution is 7.22. The number of rotatable bonds is 4. The van der Waals surface area contributed by atoms with Gasteiger partial charge in [-0.05, 0) is 38.5 Å². The van der Waals surface area contributed by atoms with Crippen LogP contribution in [0.15, 0.2) is 18.2 Å². The second-order valence-corrected chi connectivity index (χ2v) is 6.12. The number of anilines is 1. The molecular formula is C13H17N3OS. The summed E-state index contributed by atoms with van der Waals surface area (Å²) >= 11 is 1.58. The molecule has 0 saturated carbocycles. The first-order valence-electron chi connectivity index (χ1n) is 5.79. The lowest BCUT2D eigenvalue weighted by atomic mass is 9.93. The first-order valence-corrected chi connectivity index (χ1v) is 6.61. The average molecular weight is 263 g/mol. The number of aromatic nitrogens is 1. The van der Waals surface area contributed by atoms with Crippen LogP contribution in [0.3, 0.4) is 0 Å². The molecule has 4 nitrogen and oxygen atoms in total. The smallest absolute Gasteiger partial charge is 0.224 e. The number of nitrogens with zero attached hydrogens (tertiary/aromatic N) is 1. The SMILES string of the molecule is Cc1ccc2sc(NCC(C)(C)C(N)=O)nc2c1. The van der Waals surface area contributed by atoms with E-state index in [1.165, 1.54) is 5.56 Å². The first kappa shape index (κ1) is 12.8. The van der Waals surface area contributed by atoms with Crippen LogP contribution in [0.4, 0.5) is 5.13 Å². The minimum Gasteiger partial charge on any atom is -0.369 e. The lowest BCUT2D eigenvalue weighted by Gasteiger charge is -2.20. The zero-order chi connectivity index (χ0) is 13.3. The maximum Gasteiger partial charge on any atom is 0.224 e. The number of benzene rings is 1. The Morgan fingerprint density at radius 3 is 2.89 bits per heavy atom. The van der Waals surface area contributed by atoms with Gasteiger partial charge in [0.1, 0.15) is 0 Å². The highest BCUT2D eigenvalue weighted by Gasteiger charge is 2.24. The molecule has 0 radical (unpaired) electrons. The molecule has 0 aliphatic heterocycles. The summed E-state index contributed by atoms with van der Waals surface area (Å²) in [6.07, 6.45) is 0. The van der Waals surface area contributed by atoms with Gasteiger partial charge < -0.3 is 11.1 Å². The van der Waals surface area contributed by atoms with Crippen molar-refractivity contribution in [3.63, 3.8) is 0 Å². The predicted octanol–water partition coefficient (Wildman–Crippen LogP) is 2.53. The van der Waals surface area contributed by atoms with Gasteiger partial charge in [0.2, 0.25) is 5.91 Å². The van der Waals surface area contributed by atoms with Gasteiger partial charge in [-0.25, -0.2) is 4.98 Å². The van der Waals surface area contributed by atoms with Crippen LogP contribution in [0.1, 0.15) is 19.4 Å². The number of aryl methyl sites for hydroxylation is 1. The van der Waals surface area contributed by atoms with Crippen molar-refractivity contribution in [3.8, 4) is 0 Å². The van der Waals surface area contributed by atoms with Crippen molar-refractivity contribution in [1.29, 1.82) is 0 Å².